The Morgan fingerprint density at radius 3 is 2.40 bits per heavy atom. The van der Waals surface area contributed by atoms with Crippen molar-refractivity contribution >= 4 is 10.1 Å². The van der Waals surface area contributed by atoms with Crippen LogP contribution < -0.4 is 0 Å². The van der Waals surface area contributed by atoms with Crippen LogP contribution in [0.25, 0.3) is 0 Å². The first kappa shape index (κ1) is 9.65. The summed E-state index contributed by atoms with van der Waals surface area (Å²) in [6, 6.07) is 0. The Morgan fingerprint density at radius 1 is 1.60 bits per heavy atom. The van der Waals surface area contributed by atoms with Crippen molar-refractivity contribution in [1.82, 2.24) is 0 Å². The molecule has 0 aromatic carbocycles. The Kier molecular flexibility index (Phi) is 3.60. The molecule has 0 rings (SSSR count). The van der Waals surface area contributed by atoms with Crippen molar-refractivity contribution in [3.63, 3.8) is 0 Å². The summed E-state index contributed by atoms with van der Waals surface area (Å²) in [5.41, 5.74) is 0.684. The lowest BCUT2D eigenvalue weighted by Gasteiger charge is -1.95. The van der Waals surface area contributed by atoms with E-state index in [-0.39, 0.29) is 5.75 Å². The maximum absolute atomic E-state index is 10.1. The molecular weight excluding hydrogens is 152 g/mol. The van der Waals surface area contributed by atoms with Gasteiger partial charge in [-0.3, -0.25) is 4.55 Å². The van der Waals surface area contributed by atoms with Crippen LogP contribution >= 0.6 is 0 Å². The molecular formula is C6H11O3S. The highest BCUT2D eigenvalue weighted by Gasteiger charge is 2.02. The van der Waals surface area contributed by atoms with Crippen LogP contribution in [0.2, 0.25) is 0 Å². The zero-order valence-corrected chi connectivity index (χ0v) is 6.69. The van der Waals surface area contributed by atoms with Gasteiger partial charge in [0.2, 0.25) is 0 Å². The lowest BCUT2D eigenvalue weighted by Crippen LogP contribution is -2.03. The molecule has 0 saturated carbocycles. The molecule has 3 nitrogen and oxygen atoms in total. The molecule has 0 heterocycles. The van der Waals surface area contributed by atoms with Gasteiger partial charge in [0.05, 0.1) is 5.75 Å². The van der Waals surface area contributed by atoms with E-state index in [9.17, 15) is 8.42 Å². The molecule has 0 spiro atoms. The highest BCUT2D eigenvalue weighted by Crippen LogP contribution is 2.01. The third kappa shape index (κ3) is 7.65. The molecule has 0 aromatic rings. The van der Waals surface area contributed by atoms with Crippen LogP contribution in [0.3, 0.4) is 0 Å². The van der Waals surface area contributed by atoms with E-state index in [2.05, 4.69) is 0 Å². The molecule has 0 saturated heterocycles. The van der Waals surface area contributed by atoms with Gasteiger partial charge in [0.1, 0.15) is 0 Å². The Balaban J connectivity index is 3.49. The molecule has 4 heteroatoms. The molecule has 0 amide bonds. The van der Waals surface area contributed by atoms with E-state index in [1.165, 1.54) is 0 Å². The summed E-state index contributed by atoms with van der Waals surface area (Å²) in [5, 5.41) is 0. The molecule has 0 aromatic heterocycles. The van der Waals surface area contributed by atoms with E-state index in [0.29, 0.717) is 18.4 Å². The quantitative estimate of drug-likeness (QED) is 0.630. The van der Waals surface area contributed by atoms with E-state index in [1.54, 1.807) is 6.92 Å². The summed E-state index contributed by atoms with van der Waals surface area (Å²) in [5.74, 6) is -0.207. The van der Waals surface area contributed by atoms with Gasteiger partial charge >= 0.3 is 0 Å². The van der Waals surface area contributed by atoms with Crippen molar-refractivity contribution in [3.05, 3.63) is 12.2 Å². The molecule has 59 valence electrons. The van der Waals surface area contributed by atoms with Crippen LogP contribution in [0.1, 0.15) is 19.8 Å². The van der Waals surface area contributed by atoms with Crippen LogP contribution in [0.4, 0.5) is 0 Å². The largest absolute Gasteiger partial charge is 0.286 e. The Morgan fingerprint density at radius 2 is 2.10 bits per heavy atom. The summed E-state index contributed by atoms with van der Waals surface area (Å²) < 4.78 is 28.5. The van der Waals surface area contributed by atoms with Crippen LogP contribution in [0, 0.1) is 6.58 Å². The summed E-state index contributed by atoms with van der Waals surface area (Å²) in [6.45, 7) is 6.97. The first-order valence-corrected chi connectivity index (χ1v) is 4.56. The normalized spacial score (nSPS) is 11.4. The maximum Gasteiger partial charge on any atom is 0.264 e. The second kappa shape index (κ2) is 3.73. The average Bonchev–Trinajstić information content (AvgIpc) is 1.59. The molecule has 0 aliphatic carbocycles. The minimum atomic E-state index is -3.79. The minimum absolute atomic E-state index is 0.207. The highest BCUT2D eigenvalue weighted by atomic mass is 32.2. The lowest BCUT2D eigenvalue weighted by atomic mass is 10.2. The van der Waals surface area contributed by atoms with Gasteiger partial charge in [-0.05, 0) is 19.8 Å². The van der Waals surface area contributed by atoms with Gasteiger partial charge in [-0.2, -0.15) is 8.42 Å². The van der Waals surface area contributed by atoms with Gasteiger partial charge < -0.3 is 0 Å². The fraction of sp³-hybridized carbons (Fsp3) is 0.667. The van der Waals surface area contributed by atoms with Gasteiger partial charge in [-0.1, -0.05) is 12.2 Å². The smallest absolute Gasteiger partial charge is 0.264 e. The molecule has 0 fully saturated rings. The van der Waals surface area contributed by atoms with Crippen LogP contribution in [0.5, 0.6) is 0 Å². The third-order valence-corrected chi connectivity index (χ3v) is 1.78. The van der Waals surface area contributed by atoms with Crippen molar-refractivity contribution in [3.8, 4) is 0 Å². The molecule has 1 N–H and O–H groups in total. The van der Waals surface area contributed by atoms with E-state index in [0.717, 1.165) is 0 Å². The van der Waals surface area contributed by atoms with Gasteiger partial charge in [-0.15, -0.1) is 0 Å². The van der Waals surface area contributed by atoms with Gasteiger partial charge in [0.25, 0.3) is 10.1 Å². The molecule has 1 radical (unpaired) electrons. The van der Waals surface area contributed by atoms with Crippen molar-refractivity contribution in [1.29, 1.82) is 0 Å². The second-order valence-corrected chi connectivity index (χ2v) is 3.81. The number of allylic oxidation sites excluding steroid dienone is 1. The molecule has 0 aliphatic rings. The summed E-state index contributed by atoms with van der Waals surface area (Å²) in [6.07, 6.45) is 0.932. The van der Waals surface area contributed by atoms with Crippen molar-refractivity contribution < 1.29 is 13.0 Å². The Hall–Kier alpha value is -0.350. The SMILES string of the molecule is [CH]=C(C)CCCS(=O)(=O)O. The number of hydrogen-bond donors (Lipinski definition) is 1. The zero-order valence-electron chi connectivity index (χ0n) is 5.87. The van der Waals surface area contributed by atoms with E-state index < -0.39 is 10.1 Å². The Bertz CT molecular complexity index is 203. The Labute approximate surface area is 61.5 Å². The topological polar surface area (TPSA) is 54.4 Å². The monoisotopic (exact) mass is 163 g/mol. The molecule has 0 atom stereocenters. The molecule has 0 aliphatic heterocycles. The number of rotatable bonds is 4. The van der Waals surface area contributed by atoms with Gasteiger partial charge in [0, 0.05) is 0 Å². The first-order chi connectivity index (χ1) is 4.42. The van der Waals surface area contributed by atoms with E-state index in [1.807, 2.05) is 0 Å². The number of hydrogen-bond acceptors (Lipinski definition) is 2. The van der Waals surface area contributed by atoms with E-state index in [4.69, 9.17) is 11.1 Å². The van der Waals surface area contributed by atoms with Gasteiger partial charge in [0.15, 0.2) is 0 Å². The summed E-state index contributed by atoms with van der Waals surface area (Å²) in [7, 11) is -3.79. The van der Waals surface area contributed by atoms with Crippen molar-refractivity contribution in [2.45, 2.75) is 19.8 Å². The van der Waals surface area contributed by atoms with Crippen LogP contribution in [-0.2, 0) is 10.1 Å². The summed E-state index contributed by atoms with van der Waals surface area (Å²) in [4.78, 5) is 0. The second-order valence-electron chi connectivity index (χ2n) is 2.24. The predicted molar refractivity (Wildman–Crippen MR) is 39.1 cm³/mol. The first-order valence-electron chi connectivity index (χ1n) is 2.95. The standard InChI is InChI=1S/C6H11O3S/c1-6(2)4-3-5-10(7,8)9/h1H,3-5H2,2H3,(H,7,8,9). The molecule has 0 bridgehead atoms. The molecule has 10 heavy (non-hydrogen) atoms. The minimum Gasteiger partial charge on any atom is -0.286 e. The zero-order chi connectivity index (χ0) is 8.20. The van der Waals surface area contributed by atoms with Crippen molar-refractivity contribution in [2.75, 3.05) is 5.75 Å². The van der Waals surface area contributed by atoms with Gasteiger partial charge in [-0.25, -0.2) is 0 Å². The fourth-order valence-corrected chi connectivity index (χ4v) is 1.04. The predicted octanol–water partition coefficient (Wildman–Crippen LogP) is 1.03. The van der Waals surface area contributed by atoms with E-state index >= 15 is 0 Å². The lowest BCUT2D eigenvalue weighted by molar-refractivity contribution is 0.481. The maximum atomic E-state index is 10.1. The molecule has 0 unspecified atom stereocenters. The fourth-order valence-electron chi connectivity index (χ4n) is 0.533. The third-order valence-electron chi connectivity index (χ3n) is 0.973. The highest BCUT2D eigenvalue weighted by molar-refractivity contribution is 7.85. The van der Waals surface area contributed by atoms with Crippen LogP contribution in [0.15, 0.2) is 5.57 Å². The van der Waals surface area contributed by atoms with Crippen molar-refractivity contribution in [2.24, 2.45) is 0 Å². The average molecular weight is 163 g/mol. The summed E-state index contributed by atoms with van der Waals surface area (Å²) >= 11 is 0. The van der Waals surface area contributed by atoms with Crippen LogP contribution in [-0.4, -0.2) is 18.7 Å².